The molecule has 2 aromatic heterocycles. The van der Waals surface area contributed by atoms with Gasteiger partial charge in [0.1, 0.15) is 0 Å². The first kappa shape index (κ1) is 15.6. The van der Waals surface area contributed by atoms with Gasteiger partial charge >= 0.3 is 5.69 Å². The van der Waals surface area contributed by atoms with Crippen molar-refractivity contribution >= 4 is 16.9 Å². The lowest BCUT2D eigenvalue weighted by atomic mass is 10.0. The van der Waals surface area contributed by atoms with Crippen LogP contribution in [-0.2, 0) is 11.2 Å². The van der Waals surface area contributed by atoms with E-state index in [1.807, 2.05) is 51.9 Å². The van der Waals surface area contributed by atoms with Crippen molar-refractivity contribution in [1.29, 1.82) is 0 Å². The van der Waals surface area contributed by atoms with Gasteiger partial charge in [-0.25, -0.2) is 4.79 Å². The lowest BCUT2D eigenvalue weighted by Crippen LogP contribution is -2.41. The number of hydrogen-bond donors (Lipinski definition) is 1. The van der Waals surface area contributed by atoms with Gasteiger partial charge in [-0.1, -0.05) is 18.2 Å². The fourth-order valence-electron chi connectivity index (χ4n) is 3.58. The van der Waals surface area contributed by atoms with Gasteiger partial charge in [0.25, 0.3) is 0 Å². The molecule has 1 aromatic carbocycles. The molecule has 6 heteroatoms. The Labute approximate surface area is 145 Å². The van der Waals surface area contributed by atoms with Gasteiger partial charge in [-0.05, 0) is 37.1 Å². The van der Waals surface area contributed by atoms with Crippen LogP contribution in [0.25, 0.3) is 11.0 Å². The van der Waals surface area contributed by atoms with Crippen LogP contribution in [0.15, 0.2) is 53.5 Å². The molecule has 0 saturated carbocycles. The van der Waals surface area contributed by atoms with Crippen molar-refractivity contribution in [1.82, 2.24) is 19.4 Å². The van der Waals surface area contributed by atoms with Gasteiger partial charge < -0.3 is 9.88 Å². The standard InChI is InChI=1S/C19H20N4O2/c24-18(13-14-5-3-4-10-20-14)22-11-8-15(9-12-22)23-17-7-2-1-6-16(17)21-19(23)25/h1-7,10,15H,8-9,11-13H2,(H,21,25). The maximum Gasteiger partial charge on any atom is 0.326 e. The number of aromatic amines is 1. The summed E-state index contributed by atoms with van der Waals surface area (Å²) < 4.78 is 1.84. The van der Waals surface area contributed by atoms with E-state index in [1.165, 1.54) is 0 Å². The number of pyridine rings is 1. The number of carbonyl (C=O) groups excluding carboxylic acids is 1. The van der Waals surface area contributed by atoms with Gasteiger partial charge in [0.2, 0.25) is 5.91 Å². The van der Waals surface area contributed by atoms with E-state index in [2.05, 4.69) is 9.97 Å². The second-order valence-corrected chi connectivity index (χ2v) is 6.43. The first-order valence-corrected chi connectivity index (χ1v) is 8.59. The molecule has 1 amide bonds. The highest BCUT2D eigenvalue weighted by Crippen LogP contribution is 2.25. The Morgan fingerprint density at radius 3 is 2.64 bits per heavy atom. The number of hydrogen-bond acceptors (Lipinski definition) is 3. The monoisotopic (exact) mass is 336 g/mol. The Morgan fingerprint density at radius 1 is 1.12 bits per heavy atom. The number of carbonyl (C=O) groups is 1. The molecule has 4 rings (SSSR count). The van der Waals surface area contributed by atoms with Crippen molar-refractivity contribution in [3.8, 4) is 0 Å². The molecule has 0 aliphatic carbocycles. The number of likely N-dealkylation sites (tertiary alicyclic amines) is 1. The molecule has 6 nitrogen and oxygen atoms in total. The fraction of sp³-hybridized carbons (Fsp3) is 0.316. The summed E-state index contributed by atoms with van der Waals surface area (Å²) in [6, 6.07) is 13.5. The molecule has 1 N–H and O–H groups in total. The third-order valence-corrected chi connectivity index (χ3v) is 4.86. The van der Waals surface area contributed by atoms with Gasteiger partial charge in [0.05, 0.1) is 17.5 Å². The second kappa shape index (κ2) is 6.55. The number of imidazole rings is 1. The summed E-state index contributed by atoms with van der Waals surface area (Å²) in [5.74, 6) is 0.100. The van der Waals surface area contributed by atoms with Crippen LogP contribution in [0.4, 0.5) is 0 Å². The van der Waals surface area contributed by atoms with Crippen LogP contribution in [0.2, 0.25) is 0 Å². The Kier molecular flexibility index (Phi) is 4.09. The third kappa shape index (κ3) is 3.07. The van der Waals surface area contributed by atoms with Crippen molar-refractivity contribution in [3.05, 3.63) is 64.8 Å². The van der Waals surface area contributed by atoms with Crippen LogP contribution in [-0.4, -0.2) is 38.4 Å². The van der Waals surface area contributed by atoms with E-state index in [-0.39, 0.29) is 17.6 Å². The van der Waals surface area contributed by atoms with Gasteiger partial charge in [0, 0.05) is 31.0 Å². The molecule has 1 aliphatic rings. The topological polar surface area (TPSA) is 71.0 Å². The Balaban J connectivity index is 1.45. The molecular formula is C19H20N4O2. The predicted molar refractivity (Wildman–Crippen MR) is 95.4 cm³/mol. The molecule has 1 saturated heterocycles. The summed E-state index contributed by atoms with van der Waals surface area (Å²) in [5, 5.41) is 0. The lowest BCUT2D eigenvalue weighted by Gasteiger charge is -2.32. The zero-order valence-corrected chi connectivity index (χ0v) is 13.9. The average molecular weight is 336 g/mol. The maximum absolute atomic E-state index is 12.5. The highest BCUT2D eigenvalue weighted by atomic mass is 16.2. The first-order valence-electron chi connectivity index (χ1n) is 8.59. The van der Waals surface area contributed by atoms with E-state index in [0.29, 0.717) is 19.5 Å². The van der Waals surface area contributed by atoms with Crippen molar-refractivity contribution in [2.24, 2.45) is 0 Å². The van der Waals surface area contributed by atoms with Crippen molar-refractivity contribution < 1.29 is 4.79 Å². The van der Waals surface area contributed by atoms with Gasteiger partial charge in [-0.2, -0.15) is 0 Å². The highest BCUT2D eigenvalue weighted by Gasteiger charge is 2.26. The normalized spacial score (nSPS) is 15.6. The smallest absolute Gasteiger partial charge is 0.326 e. The molecule has 25 heavy (non-hydrogen) atoms. The van der Waals surface area contributed by atoms with Crippen LogP contribution in [0.5, 0.6) is 0 Å². The quantitative estimate of drug-likeness (QED) is 0.796. The van der Waals surface area contributed by atoms with Crippen LogP contribution in [0.1, 0.15) is 24.6 Å². The number of nitrogens with zero attached hydrogens (tertiary/aromatic N) is 3. The number of rotatable bonds is 3. The number of benzene rings is 1. The third-order valence-electron chi connectivity index (χ3n) is 4.86. The summed E-state index contributed by atoms with van der Waals surface area (Å²) >= 11 is 0. The lowest BCUT2D eigenvalue weighted by molar-refractivity contribution is -0.131. The van der Waals surface area contributed by atoms with Gasteiger partial charge in [0.15, 0.2) is 0 Å². The molecule has 3 aromatic rings. The van der Waals surface area contributed by atoms with Crippen molar-refractivity contribution in [2.45, 2.75) is 25.3 Å². The van der Waals surface area contributed by atoms with E-state index in [0.717, 1.165) is 29.6 Å². The summed E-state index contributed by atoms with van der Waals surface area (Å²) in [5.41, 5.74) is 2.52. The second-order valence-electron chi connectivity index (χ2n) is 6.43. The predicted octanol–water partition coefficient (Wildman–Crippen LogP) is 2.13. The Hall–Kier alpha value is -2.89. The van der Waals surface area contributed by atoms with E-state index in [4.69, 9.17) is 0 Å². The Morgan fingerprint density at radius 2 is 1.88 bits per heavy atom. The molecule has 1 fully saturated rings. The molecule has 0 atom stereocenters. The minimum atomic E-state index is -0.0699. The van der Waals surface area contributed by atoms with E-state index < -0.39 is 0 Å². The molecule has 3 heterocycles. The number of amides is 1. The summed E-state index contributed by atoms with van der Waals surface area (Å²) in [4.78, 5) is 33.8. The maximum atomic E-state index is 12.5. The number of nitrogens with one attached hydrogen (secondary N) is 1. The van der Waals surface area contributed by atoms with Crippen molar-refractivity contribution in [3.63, 3.8) is 0 Å². The van der Waals surface area contributed by atoms with Crippen LogP contribution < -0.4 is 5.69 Å². The molecular weight excluding hydrogens is 316 g/mol. The summed E-state index contributed by atoms with van der Waals surface area (Å²) in [7, 11) is 0. The zero-order chi connectivity index (χ0) is 17.2. The summed E-state index contributed by atoms with van der Waals surface area (Å²) in [6.07, 6.45) is 3.61. The van der Waals surface area contributed by atoms with E-state index >= 15 is 0 Å². The molecule has 128 valence electrons. The van der Waals surface area contributed by atoms with Crippen LogP contribution in [0, 0.1) is 0 Å². The van der Waals surface area contributed by atoms with Crippen LogP contribution >= 0.6 is 0 Å². The number of H-pyrrole nitrogens is 1. The minimum absolute atomic E-state index is 0.0699. The SMILES string of the molecule is O=C(Cc1ccccn1)N1CCC(n2c(=O)[nH]c3ccccc32)CC1. The number of piperidine rings is 1. The number of aromatic nitrogens is 3. The largest absolute Gasteiger partial charge is 0.342 e. The molecule has 0 radical (unpaired) electrons. The zero-order valence-electron chi connectivity index (χ0n) is 13.9. The summed E-state index contributed by atoms with van der Waals surface area (Å²) in [6.45, 7) is 1.34. The van der Waals surface area contributed by atoms with E-state index in [9.17, 15) is 9.59 Å². The Bertz CT molecular complexity index is 937. The number of fused-ring (bicyclic) bond motifs is 1. The van der Waals surface area contributed by atoms with Crippen molar-refractivity contribution in [2.75, 3.05) is 13.1 Å². The molecule has 0 bridgehead atoms. The highest BCUT2D eigenvalue weighted by molar-refractivity contribution is 5.78. The average Bonchev–Trinajstić information content (AvgIpc) is 2.98. The first-order chi connectivity index (χ1) is 12.2. The van der Waals surface area contributed by atoms with Crippen LogP contribution in [0.3, 0.4) is 0 Å². The van der Waals surface area contributed by atoms with Gasteiger partial charge in [-0.3, -0.25) is 14.3 Å². The molecule has 1 aliphatic heterocycles. The van der Waals surface area contributed by atoms with Gasteiger partial charge in [-0.15, -0.1) is 0 Å². The fourth-order valence-corrected chi connectivity index (χ4v) is 3.58. The van der Waals surface area contributed by atoms with E-state index in [1.54, 1.807) is 6.20 Å². The number of para-hydroxylation sites is 2. The molecule has 0 spiro atoms. The molecule has 0 unspecified atom stereocenters. The minimum Gasteiger partial charge on any atom is -0.342 e.